The highest BCUT2D eigenvalue weighted by atomic mass is 16.5. The van der Waals surface area contributed by atoms with Gasteiger partial charge in [-0.3, -0.25) is 14.4 Å². The van der Waals surface area contributed by atoms with Gasteiger partial charge in [0.25, 0.3) is 5.91 Å². The Morgan fingerprint density at radius 2 is 1.47 bits per heavy atom. The van der Waals surface area contributed by atoms with Crippen LogP contribution in [0.2, 0.25) is 0 Å². The number of para-hydroxylation sites is 1. The minimum atomic E-state index is -0.744. The molecule has 168 valence electrons. The normalized spacial score (nSPS) is 13.0. The number of carbonyl (C=O) groups is 3. The molecule has 1 aromatic rings. The van der Waals surface area contributed by atoms with E-state index in [1.165, 1.54) is 0 Å². The minimum Gasteiger partial charge on any atom is -0.484 e. The number of ether oxygens (including phenoxy) is 2. The van der Waals surface area contributed by atoms with Gasteiger partial charge >= 0.3 is 0 Å². The van der Waals surface area contributed by atoms with Crippen LogP contribution in [0.25, 0.3) is 0 Å². The fourth-order valence-electron chi connectivity index (χ4n) is 2.92. The maximum absolute atomic E-state index is 12.9. The predicted molar refractivity (Wildman–Crippen MR) is 116 cm³/mol. The van der Waals surface area contributed by atoms with Gasteiger partial charge in [0.2, 0.25) is 5.91 Å². The molecule has 0 aliphatic carbocycles. The van der Waals surface area contributed by atoms with E-state index >= 15 is 0 Å². The standard InChI is InChI=1S/C23H36N2O5/c1-6-29-14-21(26)19(12-16(2)3)25-23(28)20(13-17(4)5)24-22(27)15-30-18-10-8-7-9-11-18/h7-11,16-17,19-20H,6,12-15H2,1-5H3,(H,24,27)(H,25,28)/t19?,20-/m0/s1. The van der Waals surface area contributed by atoms with Gasteiger partial charge < -0.3 is 20.1 Å². The van der Waals surface area contributed by atoms with E-state index in [1.54, 1.807) is 12.1 Å². The summed E-state index contributed by atoms with van der Waals surface area (Å²) in [5.74, 6) is 0.0574. The summed E-state index contributed by atoms with van der Waals surface area (Å²) in [5, 5.41) is 5.56. The van der Waals surface area contributed by atoms with Crippen LogP contribution >= 0.6 is 0 Å². The Bertz CT molecular complexity index is 661. The third-order valence-electron chi connectivity index (χ3n) is 4.33. The molecule has 1 aromatic carbocycles. The minimum absolute atomic E-state index is 0.0414. The molecule has 0 saturated heterocycles. The van der Waals surface area contributed by atoms with Crippen molar-refractivity contribution < 1.29 is 23.9 Å². The van der Waals surface area contributed by atoms with E-state index in [1.807, 2.05) is 52.8 Å². The highest BCUT2D eigenvalue weighted by Crippen LogP contribution is 2.11. The first kappa shape index (κ1) is 25.6. The summed E-state index contributed by atoms with van der Waals surface area (Å²) in [7, 11) is 0. The third kappa shape index (κ3) is 10.4. The predicted octanol–water partition coefficient (Wildman–Crippen LogP) is 2.73. The number of hydrogen-bond acceptors (Lipinski definition) is 5. The summed E-state index contributed by atoms with van der Waals surface area (Å²) >= 11 is 0. The zero-order chi connectivity index (χ0) is 22.5. The quantitative estimate of drug-likeness (QED) is 0.483. The molecule has 0 radical (unpaired) electrons. The molecule has 0 saturated carbocycles. The SMILES string of the molecule is CCOCC(=O)C(CC(C)C)NC(=O)[C@H](CC(C)C)NC(=O)COc1ccccc1. The lowest BCUT2D eigenvalue weighted by Crippen LogP contribution is -2.53. The molecule has 0 heterocycles. The lowest BCUT2D eigenvalue weighted by molar-refractivity contribution is -0.133. The van der Waals surface area contributed by atoms with Gasteiger partial charge in [-0.1, -0.05) is 45.9 Å². The van der Waals surface area contributed by atoms with Gasteiger partial charge in [0.05, 0.1) is 6.04 Å². The van der Waals surface area contributed by atoms with Gasteiger partial charge in [-0.2, -0.15) is 0 Å². The van der Waals surface area contributed by atoms with Crippen LogP contribution < -0.4 is 15.4 Å². The molecule has 2 N–H and O–H groups in total. The fraction of sp³-hybridized carbons (Fsp3) is 0.609. The van der Waals surface area contributed by atoms with Crippen LogP contribution in [0.3, 0.4) is 0 Å². The van der Waals surface area contributed by atoms with Crippen molar-refractivity contribution in [2.24, 2.45) is 11.8 Å². The van der Waals surface area contributed by atoms with E-state index in [-0.39, 0.29) is 42.6 Å². The first-order chi connectivity index (χ1) is 14.2. The Morgan fingerprint density at radius 3 is 2.03 bits per heavy atom. The van der Waals surface area contributed by atoms with Gasteiger partial charge in [-0.15, -0.1) is 0 Å². The zero-order valence-corrected chi connectivity index (χ0v) is 18.8. The summed E-state index contributed by atoms with van der Waals surface area (Å²) in [6.07, 6.45) is 0.966. The van der Waals surface area contributed by atoms with Crippen molar-refractivity contribution in [3.8, 4) is 5.75 Å². The lowest BCUT2D eigenvalue weighted by atomic mass is 9.98. The number of carbonyl (C=O) groups excluding carboxylic acids is 3. The van der Waals surface area contributed by atoms with Crippen molar-refractivity contribution in [3.05, 3.63) is 30.3 Å². The number of ketones is 1. The van der Waals surface area contributed by atoms with E-state index in [9.17, 15) is 14.4 Å². The summed E-state index contributed by atoms with van der Waals surface area (Å²) in [6.45, 7) is 9.93. The number of hydrogen-bond donors (Lipinski definition) is 2. The molecule has 0 aromatic heterocycles. The molecule has 1 unspecified atom stereocenters. The number of benzene rings is 1. The number of Topliss-reactive ketones (excluding diaryl/α,β-unsaturated/α-hetero) is 1. The molecule has 2 amide bonds. The number of rotatable bonds is 14. The highest BCUT2D eigenvalue weighted by Gasteiger charge is 2.27. The Morgan fingerprint density at radius 1 is 0.867 bits per heavy atom. The molecule has 7 nitrogen and oxygen atoms in total. The molecule has 0 fully saturated rings. The van der Waals surface area contributed by atoms with Gasteiger partial charge in [0.15, 0.2) is 12.4 Å². The molecule has 0 spiro atoms. The molecule has 0 aliphatic heterocycles. The first-order valence-electron chi connectivity index (χ1n) is 10.6. The summed E-state index contributed by atoms with van der Waals surface area (Å²) in [4.78, 5) is 37.7. The van der Waals surface area contributed by atoms with Crippen LogP contribution in [0.1, 0.15) is 47.5 Å². The van der Waals surface area contributed by atoms with Gasteiger partial charge in [0.1, 0.15) is 18.4 Å². The molecule has 7 heteroatoms. The monoisotopic (exact) mass is 420 g/mol. The molecule has 0 aliphatic rings. The summed E-state index contributed by atoms with van der Waals surface area (Å²) < 4.78 is 10.7. The Kier molecular flexibility index (Phi) is 11.7. The highest BCUT2D eigenvalue weighted by molar-refractivity contribution is 5.93. The van der Waals surface area contributed by atoms with E-state index in [0.29, 0.717) is 25.2 Å². The largest absolute Gasteiger partial charge is 0.484 e. The maximum Gasteiger partial charge on any atom is 0.258 e. The van der Waals surface area contributed by atoms with Crippen LogP contribution in [-0.2, 0) is 19.1 Å². The smallest absolute Gasteiger partial charge is 0.258 e. The van der Waals surface area contributed by atoms with Crippen LogP contribution in [0.4, 0.5) is 0 Å². The topological polar surface area (TPSA) is 93.7 Å². The molecular weight excluding hydrogens is 384 g/mol. The van der Waals surface area contributed by atoms with Gasteiger partial charge in [0, 0.05) is 6.61 Å². The first-order valence-corrected chi connectivity index (χ1v) is 10.6. The van der Waals surface area contributed by atoms with Gasteiger partial charge in [-0.05, 0) is 43.7 Å². The second kappa shape index (κ2) is 13.7. The zero-order valence-electron chi connectivity index (χ0n) is 18.8. The third-order valence-corrected chi connectivity index (χ3v) is 4.33. The molecule has 2 atom stereocenters. The van der Waals surface area contributed by atoms with Crippen LogP contribution in [-0.4, -0.2) is 49.5 Å². The van der Waals surface area contributed by atoms with Crippen molar-refractivity contribution in [3.63, 3.8) is 0 Å². The molecule has 1 rings (SSSR count). The van der Waals surface area contributed by atoms with E-state index < -0.39 is 12.1 Å². The van der Waals surface area contributed by atoms with Crippen molar-refractivity contribution in [1.29, 1.82) is 0 Å². The summed E-state index contributed by atoms with van der Waals surface area (Å²) in [6, 6.07) is 7.61. The second-order valence-electron chi connectivity index (χ2n) is 8.15. The van der Waals surface area contributed by atoms with E-state index in [4.69, 9.17) is 9.47 Å². The van der Waals surface area contributed by atoms with Crippen molar-refractivity contribution >= 4 is 17.6 Å². The molecule has 0 bridgehead atoms. The average Bonchev–Trinajstić information content (AvgIpc) is 2.69. The van der Waals surface area contributed by atoms with Crippen molar-refractivity contribution in [1.82, 2.24) is 10.6 Å². The van der Waals surface area contributed by atoms with Gasteiger partial charge in [-0.25, -0.2) is 0 Å². The number of nitrogens with one attached hydrogen (secondary N) is 2. The Balaban J connectivity index is 2.74. The Hall–Kier alpha value is -2.41. The molecule has 30 heavy (non-hydrogen) atoms. The van der Waals surface area contributed by atoms with Crippen LogP contribution in [0, 0.1) is 11.8 Å². The molecular formula is C23H36N2O5. The fourth-order valence-corrected chi connectivity index (χ4v) is 2.92. The number of amides is 2. The maximum atomic E-state index is 12.9. The average molecular weight is 421 g/mol. The second-order valence-corrected chi connectivity index (χ2v) is 8.15. The lowest BCUT2D eigenvalue weighted by Gasteiger charge is -2.25. The van der Waals surface area contributed by atoms with Crippen LogP contribution in [0.5, 0.6) is 5.75 Å². The van der Waals surface area contributed by atoms with E-state index in [0.717, 1.165) is 0 Å². The summed E-state index contributed by atoms with van der Waals surface area (Å²) in [5.41, 5.74) is 0. The van der Waals surface area contributed by atoms with E-state index in [2.05, 4.69) is 10.6 Å². The van der Waals surface area contributed by atoms with Crippen LogP contribution in [0.15, 0.2) is 30.3 Å². The Labute approximate surface area is 179 Å². The van der Waals surface area contributed by atoms with Crippen molar-refractivity contribution in [2.45, 2.75) is 59.5 Å². The van der Waals surface area contributed by atoms with Crippen molar-refractivity contribution in [2.75, 3.05) is 19.8 Å².